The molecule has 0 aliphatic carbocycles. The van der Waals surface area contributed by atoms with Gasteiger partial charge in [0.25, 0.3) is 0 Å². The predicted octanol–water partition coefficient (Wildman–Crippen LogP) is 5.36. The number of hydrogen-bond acceptors (Lipinski definition) is 4. The van der Waals surface area contributed by atoms with Crippen LogP contribution in [0.2, 0.25) is 0 Å². The van der Waals surface area contributed by atoms with Crippen LogP contribution in [-0.4, -0.2) is 12.2 Å². The van der Waals surface area contributed by atoms with Gasteiger partial charge in [0.05, 0.1) is 12.2 Å². The van der Waals surface area contributed by atoms with E-state index < -0.39 is 13.9 Å². The van der Waals surface area contributed by atoms with Gasteiger partial charge >= 0.3 is 8.25 Å². The minimum atomic E-state index is -2.60. The summed E-state index contributed by atoms with van der Waals surface area (Å²) in [4.78, 5) is 4.98. The van der Waals surface area contributed by atoms with Crippen molar-refractivity contribution in [2.45, 2.75) is 66.4 Å². The third kappa shape index (κ3) is 10.7. The van der Waals surface area contributed by atoms with Crippen LogP contribution in [0, 0.1) is 5.41 Å². The van der Waals surface area contributed by atoms with Gasteiger partial charge in [-0.2, -0.15) is 4.67 Å². The van der Waals surface area contributed by atoms with E-state index in [4.69, 9.17) is 14.1 Å². The molecule has 0 saturated carbocycles. The highest BCUT2D eigenvalue weighted by Gasteiger charge is 2.15. The molecule has 0 saturated heterocycles. The first kappa shape index (κ1) is 20.4. The third-order valence-corrected chi connectivity index (χ3v) is 4.21. The van der Waals surface area contributed by atoms with Gasteiger partial charge in [-0.05, 0) is 56.6 Å². The molecule has 0 fully saturated rings. The minimum absolute atomic E-state index is 0.352. The first-order valence-corrected chi connectivity index (χ1v) is 9.38. The molecule has 0 spiro atoms. The van der Waals surface area contributed by atoms with Crippen LogP contribution in [0.25, 0.3) is 0 Å². The summed E-state index contributed by atoms with van der Waals surface area (Å²) in [5.41, 5.74) is 2.38. The fourth-order valence-electron chi connectivity index (χ4n) is 1.91. The van der Waals surface area contributed by atoms with Crippen molar-refractivity contribution in [3.05, 3.63) is 35.4 Å². The van der Waals surface area contributed by atoms with Crippen LogP contribution in [0.15, 0.2) is 24.3 Å². The lowest BCUT2D eigenvalue weighted by Gasteiger charge is -2.18. The Labute approximate surface area is 141 Å². The topological polar surface area (TPSA) is 44.8 Å². The maximum absolute atomic E-state index is 11.5. The van der Waals surface area contributed by atoms with Crippen molar-refractivity contribution in [3.8, 4) is 0 Å². The molecule has 0 aliphatic rings. The molecule has 0 amide bonds. The van der Waals surface area contributed by atoms with Gasteiger partial charge in [-0.3, -0.25) is 4.57 Å². The maximum atomic E-state index is 11.5. The normalized spacial score (nSPS) is 14.0. The number of aryl methyl sites for hydroxylation is 1. The molecule has 132 valence electrons. The average Bonchev–Trinajstić information content (AvgIpc) is 2.40. The summed E-state index contributed by atoms with van der Waals surface area (Å²) in [6.45, 7) is 12.6. The predicted molar refractivity (Wildman–Crippen MR) is 94.8 cm³/mol. The molecule has 1 aromatic carbocycles. The Morgan fingerprint density at radius 2 is 1.43 bits per heavy atom. The third-order valence-electron chi connectivity index (χ3n) is 3.18. The summed E-state index contributed by atoms with van der Waals surface area (Å²) in [5, 5.41) is 0. The standard InChI is InChI=1S/C18H31O4P/c1-17(2,3)13-11-15-7-9-16(10-8-15)12-14-20-22-23(19)21-18(4,5)6/h7-10,23H,11-14H2,1-6H3. The van der Waals surface area contributed by atoms with Crippen LogP contribution >= 0.6 is 8.25 Å². The first-order valence-electron chi connectivity index (χ1n) is 8.15. The van der Waals surface area contributed by atoms with Gasteiger partial charge in [-0.1, -0.05) is 45.0 Å². The van der Waals surface area contributed by atoms with Gasteiger partial charge in [0.1, 0.15) is 0 Å². The lowest BCUT2D eigenvalue weighted by Crippen LogP contribution is -2.15. The van der Waals surface area contributed by atoms with Gasteiger partial charge < -0.3 is 4.52 Å². The molecule has 1 atom stereocenters. The quantitative estimate of drug-likeness (QED) is 0.276. The van der Waals surface area contributed by atoms with Crippen molar-refractivity contribution in [1.29, 1.82) is 0 Å². The molecular weight excluding hydrogens is 311 g/mol. The largest absolute Gasteiger partial charge is 0.347 e. The molecule has 1 unspecified atom stereocenters. The van der Waals surface area contributed by atoms with Crippen molar-refractivity contribution >= 4 is 8.25 Å². The van der Waals surface area contributed by atoms with Gasteiger partial charge in [-0.15, -0.1) is 0 Å². The van der Waals surface area contributed by atoms with E-state index in [1.807, 2.05) is 20.8 Å². The zero-order valence-corrected chi connectivity index (χ0v) is 16.3. The Bertz CT molecular complexity index is 483. The van der Waals surface area contributed by atoms with E-state index in [1.165, 1.54) is 17.5 Å². The number of hydrogen-bond donors (Lipinski definition) is 0. The highest BCUT2D eigenvalue weighted by Crippen LogP contribution is 2.31. The summed E-state index contributed by atoms with van der Waals surface area (Å²) in [5.74, 6) is 0. The second kappa shape index (κ2) is 8.98. The number of benzene rings is 1. The molecule has 1 aromatic rings. The molecule has 4 nitrogen and oxygen atoms in total. The van der Waals surface area contributed by atoms with Crippen molar-refractivity contribution in [2.24, 2.45) is 5.41 Å². The van der Waals surface area contributed by atoms with Crippen LogP contribution in [-0.2, 0) is 31.5 Å². The molecular formula is C18H31O4P. The molecule has 5 heteroatoms. The van der Waals surface area contributed by atoms with E-state index in [9.17, 15) is 4.57 Å². The smallest absolute Gasteiger partial charge is 0.303 e. The Morgan fingerprint density at radius 1 is 0.913 bits per heavy atom. The van der Waals surface area contributed by atoms with Gasteiger partial charge in [0, 0.05) is 0 Å². The summed E-state index contributed by atoms with van der Waals surface area (Å²) in [6, 6.07) is 8.53. The van der Waals surface area contributed by atoms with Crippen LogP contribution in [0.3, 0.4) is 0 Å². The number of rotatable bonds is 8. The average molecular weight is 342 g/mol. The summed E-state index contributed by atoms with van der Waals surface area (Å²) in [7, 11) is -2.60. The highest BCUT2D eigenvalue weighted by atomic mass is 31.1. The van der Waals surface area contributed by atoms with Crippen molar-refractivity contribution < 1.29 is 18.7 Å². The summed E-state index contributed by atoms with van der Waals surface area (Å²) >= 11 is 0. The van der Waals surface area contributed by atoms with Crippen LogP contribution in [0.5, 0.6) is 0 Å². The van der Waals surface area contributed by atoms with E-state index in [2.05, 4.69) is 45.0 Å². The van der Waals surface area contributed by atoms with Crippen LogP contribution in [0.1, 0.15) is 59.1 Å². The van der Waals surface area contributed by atoms with Crippen molar-refractivity contribution in [3.63, 3.8) is 0 Å². The lowest BCUT2D eigenvalue weighted by molar-refractivity contribution is -0.211. The molecule has 0 bridgehead atoms. The minimum Gasteiger partial charge on any atom is -0.303 e. The monoisotopic (exact) mass is 342 g/mol. The zero-order chi connectivity index (χ0) is 17.5. The zero-order valence-electron chi connectivity index (χ0n) is 15.3. The molecule has 1 rings (SSSR count). The second-order valence-electron chi connectivity index (χ2n) is 8.00. The first-order chi connectivity index (χ1) is 10.6. The molecule has 0 radical (unpaired) electrons. The Balaban J connectivity index is 2.27. The SMILES string of the molecule is CC(C)(C)CCc1ccc(CCOO[PH](=O)OC(C)(C)C)cc1. The van der Waals surface area contributed by atoms with Crippen LogP contribution < -0.4 is 0 Å². The van der Waals surface area contributed by atoms with E-state index in [0.29, 0.717) is 18.4 Å². The van der Waals surface area contributed by atoms with E-state index >= 15 is 0 Å². The fraction of sp³-hybridized carbons (Fsp3) is 0.667. The van der Waals surface area contributed by atoms with Gasteiger partial charge in [0.15, 0.2) is 0 Å². The Kier molecular flexibility index (Phi) is 7.96. The Morgan fingerprint density at radius 3 is 1.91 bits per heavy atom. The maximum Gasteiger partial charge on any atom is 0.347 e. The lowest BCUT2D eigenvalue weighted by atomic mass is 9.88. The van der Waals surface area contributed by atoms with Crippen LogP contribution in [0.4, 0.5) is 0 Å². The van der Waals surface area contributed by atoms with E-state index in [-0.39, 0.29) is 0 Å². The second-order valence-corrected chi connectivity index (χ2v) is 8.87. The fourth-order valence-corrected chi connectivity index (χ4v) is 2.62. The van der Waals surface area contributed by atoms with E-state index in [0.717, 1.165) is 6.42 Å². The molecule has 0 N–H and O–H groups in total. The summed E-state index contributed by atoms with van der Waals surface area (Å²) < 4.78 is 21.4. The van der Waals surface area contributed by atoms with Crippen molar-refractivity contribution in [1.82, 2.24) is 0 Å². The molecule has 23 heavy (non-hydrogen) atoms. The molecule has 0 aliphatic heterocycles. The van der Waals surface area contributed by atoms with Gasteiger partial charge in [0.2, 0.25) is 0 Å². The molecule has 0 heterocycles. The van der Waals surface area contributed by atoms with Gasteiger partial charge in [-0.25, -0.2) is 4.89 Å². The van der Waals surface area contributed by atoms with Crippen molar-refractivity contribution in [2.75, 3.05) is 6.61 Å². The van der Waals surface area contributed by atoms with E-state index in [1.54, 1.807) is 0 Å². The highest BCUT2D eigenvalue weighted by molar-refractivity contribution is 7.33. The molecule has 0 aromatic heterocycles. The summed E-state index contributed by atoms with van der Waals surface area (Å²) in [6.07, 6.45) is 2.98. The Hall–Kier alpha value is -0.670.